The predicted molar refractivity (Wildman–Crippen MR) is 113 cm³/mol. The van der Waals surface area contributed by atoms with Gasteiger partial charge in [0.25, 0.3) is 5.91 Å². The highest BCUT2D eigenvalue weighted by atomic mass is 16.5. The summed E-state index contributed by atoms with van der Waals surface area (Å²) in [6.07, 6.45) is 1.95. The van der Waals surface area contributed by atoms with Crippen molar-refractivity contribution in [3.8, 4) is 5.75 Å². The Balaban J connectivity index is 1.25. The zero-order chi connectivity index (χ0) is 20.3. The second-order valence-electron chi connectivity index (χ2n) is 7.60. The number of ether oxygens (including phenoxy) is 1. The summed E-state index contributed by atoms with van der Waals surface area (Å²) in [5, 5.41) is 0. The fourth-order valence-electron chi connectivity index (χ4n) is 3.95. The lowest BCUT2D eigenvalue weighted by molar-refractivity contribution is 0.0668. The second kappa shape index (κ2) is 8.06. The molecule has 4 aromatic rings. The lowest BCUT2D eigenvalue weighted by atomic mass is 9.97. The maximum atomic E-state index is 13.0. The van der Waals surface area contributed by atoms with Crippen LogP contribution in [0.4, 0.5) is 0 Å². The summed E-state index contributed by atoms with van der Waals surface area (Å²) in [6.45, 7) is 1.65. The standard InChI is InChI=1S/C24H23N3O3/c28-24(22-13-12-19(30-22)16-29-18-8-2-1-3-9-18)27-14-6-7-17(15-27)23-25-20-10-4-5-11-21(20)26-23/h1-5,8-13,17H,6-7,14-16H2,(H,25,26)/t17-/m0/s1. The normalized spacial score (nSPS) is 16.7. The molecule has 0 aliphatic carbocycles. The average Bonchev–Trinajstić information content (AvgIpc) is 3.45. The fraction of sp³-hybridized carbons (Fsp3) is 0.250. The molecule has 6 heteroatoms. The van der Waals surface area contributed by atoms with Gasteiger partial charge in [0.2, 0.25) is 0 Å². The van der Waals surface area contributed by atoms with Crippen molar-refractivity contribution in [3.05, 3.63) is 84.1 Å². The van der Waals surface area contributed by atoms with Gasteiger partial charge in [-0.15, -0.1) is 0 Å². The van der Waals surface area contributed by atoms with Crippen LogP contribution in [-0.2, 0) is 6.61 Å². The van der Waals surface area contributed by atoms with Gasteiger partial charge in [-0.2, -0.15) is 0 Å². The number of para-hydroxylation sites is 3. The van der Waals surface area contributed by atoms with E-state index in [2.05, 4.69) is 4.98 Å². The van der Waals surface area contributed by atoms with Crippen molar-refractivity contribution < 1.29 is 13.9 Å². The first kappa shape index (κ1) is 18.5. The number of aromatic amines is 1. The van der Waals surface area contributed by atoms with Crippen molar-refractivity contribution in [1.82, 2.24) is 14.9 Å². The highest BCUT2D eigenvalue weighted by molar-refractivity contribution is 5.91. The molecule has 2 aromatic heterocycles. The van der Waals surface area contributed by atoms with E-state index < -0.39 is 0 Å². The molecule has 6 nitrogen and oxygen atoms in total. The molecule has 30 heavy (non-hydrogen) atoms. The number of imidazole rings is 1. The molecule has 0 spiro atoms. The van der Waals surface area contributed by atoms with Crippen LogP contribution in [-0.4, -0.2) is 33.9 Å². The summed E-state index contributed by atoms with van der Waals surface area (Å²) < 4.78 is 11.5. The summed E-state index contributed by atoms with van der Waals surface area (Å²) in [4.78, 5) is 23.0. The molecule has 1 aliphatic heterocycles. The molecule has 152 valence electrons. The first-order valence-corrected chi connectivity index (χ1v) is 10.3. The number of hydrogen-bond donors (Lipinski definition) is 1. The van der Waals surface area contributed by atoms with Gasteiger partial charge in [0.1, 0.15) is 23.9 Å². The van der Waals surface area contributed by atoms with Crippen LogP contribution in [0.1, 0.15) is 40.9 Å². The van der Waals surface area contributed by atoms with Gasteiger partial charge in [0.05, 0.1) is 11.0 Å². The van der Waals surface area contributed by atoms with Gasteiger partial charge < -0.3 is 19.0 Å². The summed E-state index contributed by atoms with van der Waals surface area (Å²) in [5.74, 6) is 2.82. The Morgan fingerprint density at radius 3 is 2.80 bits per heavy atom. The minimum absolute atomic E-state index is 0.0817. The second-order valence-corrected chi connectivity index (χ2v) is 7.60. The van der Waals surface area contributed by atoms with E-state index >= 15 is 0 Å². The third-order valence-corrected chi connectivity index (χ3v) is 5.50. The van der Waals surface area contributed by atoms with Crippen molar-refractivity contribution >= 4 is 16.9 Å². The molecule has 0 saturated carbocycles. The largest absolute Gasteiger partial charge is 0.486 e. The molecule has 5 rings (SSSR count). The van der Waals surface area contributed by atoms with E-state index in [9.17, 15) is 4.79 Å². The third kappa shape index (κ3) is 3.81. The fourth-order valence-corrected chi connectivity index (χ4v) is 3.95. The Hall–Kier alpha value is -3.54. The Labute approximate surface area is 174 Å². The summed E-state index contributed by atoms with van der Waals surface area (Å²) in [7, 11) is 0. The maximum absolute atomic E-state index is 13.0. The van der Waals surface area contributed by atoms with Gasteiger partial charge in [-0.25, -0.2) is 4.98 Å². The van der Waals surface area contributed by atoms with E-state index in [4.69, 9.17) is 14.1 Å². The maximum Gasteiger partial charge on any atom is 0.289 e. The first-order chi connectivity index (χ1) is 14.8. The van der Waals surface area contributed by atoms with E-state index in [1.807, 2.05) is 59.5 Å². The van der Waals surface area contributed by atoms with Gasteiger partial charge in [0.15, 0.2) is 5.76 Å². The van der Waals surface area contributed by atoms with Crippen molar-refractivity contribution in [2.24, 2.45) is 0 Å². The lowest BCUT2D eigenvalue weighted by Crippen LogP contribution is -2.39. The Morgan fingerprint density at radius 1 is 1.10 bits per heavy atom. The van der Waals surface area contributed by atoms with Crippen LogP contribution >= 0.6 is 0 Å². The number of likely N-dealkylation sites (tertiary alicyclic amines) is 1. The van der Waals surface area contributed by atoms with Crippen LogP contribution in [0.25, 0.3) is 11.0 Å². The van der Waals surface area contributed by atoms with Crippen LogP contribution in [0.5, 0.6) is 5.75 Å². The molecule has 1 fully saturated rings. The molecule has 0 unspecified atom stereocenters. The predicted octanol–water partition coefficient (Wildman–Crippen LogP) is 4.75. The number of benzene rings is 2. The number of carbonyl (C=O) groups excluding carboxylic acids is 1. The van der Waals surface area contributed by atoms with Gasteiger partial charge >= 0.3 is 0 Å². The number of amides is 1. The number of carbonyl (C=O) groups is 1. The van der Waals surface area contributed by atoms with E-state index in [-0.39, 0.29) is 11.8 Å². The first-order valence-electron chi connectivity index (χ1n) is 10.3. The molecule has 1 aliphatic rings. The number of aromatic nitrogens is 2. The smallest absolute Gasteiger partial charge is 0.289 e. The molecule has 0 bridgehead atoms. The van der Waals surface area contributed by atoms with Crippen LogP contribution in [0.15, 0.2) is 71.1 Å². The van der Waals surface area contributed by atoms with Crippen LogP contribution in [0.2, 0.25) is 0 Å². The Morgan fingerprint density at radius 2 is 1.93 bits per heavy atom. The quantitative estimate of drug-likeness (QED) is 0.524. The number of nitrogens with one attached hydrogen (secondary N) is 1. The number of furan rings is 1. The number of rotatable bonds is 5. The van der Waals surface area contributed by atoms with Crippen molar-refractivity contribution in [1.29, 1.82) is 0 Å². The summed E-state index contributed by atoms with van der Waals surface area (Å²) in [6, 6.07) is 21.1. The number of nitrogens with zero attached hydrogens (tertiary/aromatic N) is 2. The molecule has 0 radical (unpaired) electrons. The minimum atomic E-state index is -0.0817. The van der Waals surface area contributed by atoms with Gasteiger partial charge in [-0.1, -0.05) is 30.3 Å². The zero-order valence-corrected chi connectivity index (χ0v) is 16.6. The number of piperidine rings is 1. The molecule has 1 amide bonds. The van der Waals surface area contributed by atoms with Crippen molar-refractivity contribution in [2.45, 2.75) is 25.4 Å². The zero-order valence-electron chi connectivity index (χ0n) is 16.6. The monoisotopic (exact) mass is 401 g/mol. The summed E-state index contributed by atoms with van der Waals surface area (Å²) in [5.41, 5.74) is 2.00. The average molecular weight is 401 g/mol. The Kier molecular flexibility index (Phi) is 4.97. The van der Waals surface area contributed by atoms with Crippen molar-refractivity contribution in [3.63, 3.8) is 0 Å². The molecule has 1 N–H and O–H groups in total. The molecule has 1 saturated heterocycles. The van der Waals surface area contributed by atoms with Gasteiger partial charge in [-0.05, 0) is 49.2 Å². The highest BCUT2D eigenvalue weighted by Crippen LogP contribution is 2.28. The number of fused-ring (bicyclic) bond motifs is 1. The number of H-pyrrole nitrogens is 1. The van der Waals surface area contributed by atoms with E-state index in [1.54, 1.807) is 12.1 Å². The van der Waals surface area contributed by atoms with E-state index in [1.165, 1.54) is 0 Å². The van der Waals surface area contributed by atoms with E-state index in [0.717, 1.165) is 42.0 Å². The van der Waals surface area contributed by atoms with E-state index in [0.29, 0.717) is 24.7 Å². The number of hydrogen-bond acceptors (Lipinski definition) is 4. The summed E-state index contributed by atoms with van der Waals surface area (Å²) >= 11 is 0. The molecule has 2 aromatic carbocycles. The SMILES string of the molecule is O=C(c1ccc(COc2ccccc2)o1)N1CCC[C@H](c2nc3ccccc3[nH]2)C1. The Bertz CT molecular complexity index is 1120. The molecular formula is C24H23N3O3. The van der Waals surface area contributed by atoms with Crippen molar-refractivity contribution in [2.75, 3.05) is 13.1 Å². The van der Waals surface area contributed by atoms with Crippen LogP contribution in [0, 0.1) is 0 Å². The van der Waals surface area contributed by atoms with Crippen LogP contribution < -0.4 is 4.74 Å². The highest BCUT2D eigenvalue weighted by Gasteiger charge is 2.28. The minimum Gasteiger partial charge on any atom is -0.486 e. The molecular weight excluding hydrogens is 378 g/mol. The lowest BCUT2D eigenvalue weighted by Gasteiger charge is -2.31. The topological polar surface area (TPSA) is 71.4 Å². The third-order valence-electron chi connectivity index (χ3n) is 5.50. The van der Waals surface area contributed by atoms with Gasteiger partial charge in [0, 0.05) is 19.0 Å². The van der Waals surface area contributed by atoms with Crippen LogP contribution in [0.3, 0.4) is 0 Å². The van der Waals surface area contributed by atoms with Gasteiger partial charge in [-0.3, -0.25) is 4.79 Å². The molecule has 3 heterocycles. The molecule has 1 atom stereocenters.